The van der Waals surface area contributed by atoms with Gasteiger partial charge in [-0.1, -0.05) is 29.8 Å². The molecule has 0 unspecified atom stereocenters. The average molecular weight is 562 g/mol. The van der Waals surface area contributed by atoms with Crippen LogP contribution in [0.3, 0.4) is 0 Å². The number of carbonyl (C=O) groups is 1. The van der Waals surface area contributed by atoms with E-state index in [9.17, 15) is 18.8 Å². The van der Waals surface area contributed by atoms with Gasteiger partial charge in [0.15, 0.2) is 0 Å². The minimum absolute atomic E-state index is 0.0662. The van der Waals surface area contributed by atoms with Crippen LogP contribution in [0.2, 0.25) is 5.02 Å². The van der Waals surface area contributed by atoms with Crippen molar-refractivity contribution < 1.29 is 18.3 Å². The van der Waals surface area contributed by atoms with Gasteiger partial charge in [0, 0.05) is 42.5 Å². The fourth-order valence-corrected chi connectivity index (χ4v) is 4.19. The Labute approximate surface area is 235 Å². The molecule has 40 heavy (non-hydrogen) atoms. The maximum absolute atomic E-state index is 13.7. The van der Waals surface area contributed by atoms with Crippen LogP contribution in [0.25, 0.3) is 10.9 Å². The molecule has 0 aliphatic rings. The first-order valence-corrected chi connectivity index (χ1v) is 12.8. The molecule has 0 saturated heterocycles. The highest BCUT2D eigenvalue weighted by Gasteiger charge is 2.16. The van der Waals surface area contributed by atoms with Crippen molar-refractivity contribution in [3.63, 3.8) is 0 Å². The minimum Gasteiger partial charge on any atom is -0.492 e. The van der Waals surface area contributed by atoms with E-state index in [0.29, 0.717) is 53.4 Å². The number of nitrogens with one attached hydrogen (secondary N) is 2. The monoisotopic (exact) mass is 561 g/mol. The quantitative estimate of drug-likeness (QED) is 0.207. The van der Waals surface area contributed by atoms with Gasteiger partial charge in [-0.3, -0.25) is 14.7 Å². The predicted octanol–water partition coefficient (Wildman–Crippen LogP) is 6.81. The molecule has 10 heteroatoms. The Morgan fingerprint density at radius 2 is 1.95 bits per heavy atom. The third-order valence-corrected chi connectivity index (χ3v) is 6.18. The molecule has 7 nitrogen and oxygen atoms in total. The van der Waals surface area contributed by atoms with Gasteiger partial charge in [-0.05, 0) is 55.9 Å². The molecule has 1 amide bonds. The van der Waals surface area contributed by atoms with Crippen LogP contribution in [0.1, 0.15) is 18.1 Å². The Morgan fingerprint density at radius 1 is 1.18 bits per heavy atom. The van der Waals surface area contributed by atoms with Gasteiger partial charge in [-0.15, -0.1) is 0 Å². The topological polar surface area (TPSA) is 90.3 Å². The number of amides is 1. The highest BCUT2D eigenvalue weighted by Crippen LogP contribution is 2.36. The van der Waals surface area contributed by atoms with Crippen molar-refractivity contribution in [1.29, 1.82) is 5.26 Å². The van der Waals surface area contributed by atoms with Crippen molar-refractivity contribution in [2.45, 2.75) is 13.5 Å². The number of rotatable bonds is 10. The Kier molecular flexibility index (Phi) is 9.27. The Morgan fingerprint density at radius 3 is 2.65 bits per heavy atom. The van der Waals surface area contributed by atoms with Crippen LogP contribution < -0.4 is 15.4 Å². The average Bonchev–Trinajstić information content (AvgIpc) is 2.93. The summed E-state index contributed by atoms with van der Waals surface area (Å²) in [6.07, 6.45) is 4.57. The third-order valence-electron chi connectivity index (χ3n) is 5.89. The standard InChI is InChI=1S/C30H26ClF2N5O2/c1-3-40-28-15-26-23(30(20(16-34)17-35-26)36-22-10-11-25(33)24(31)13-22)14-27(28)37-29(39)5-4-12-38(2)18-19-6-8-21(32)9-7-19/h4-11,13-15,17H,3,12,18H2,1-2H3,(H,35,36)(H,37,39)/b5-4+. The number of aromatic nitrogens is 1. The molecule has 0 atom stereocenters. The highest BCUT2D eigenvalue weighted by atomic mass is 35.5. The summed E-state index contributed by atoms with van der Waals surface area (Å²) < 4.78 is 32.6. The van der Waals surface area contributed by atoms with E-state index in [0.717, 1.165) is 5.56 Å². The third kappa shape index (κ3) is 7.11. The van der Waals surface area contributed by atoms with Crippen LogP contribution in [-0.4, -0.2) is 36.0 Å². The molecule has 0 bridgehead atoms. The van der Waals surface area contributed by atoms with E-state index >= 15 is 0 Å². The Balaban J connectivity index is 1.57. The SMILES string of the molecule is CCOc1cc2ncc(C#N)c(Nc3ccc(F)c(Cl)c3)c2cc1NC(=O)/C=C/CN(C)Cc1ccc(F)cc1. The van der Waals surface area contributed by atoms with E-state index in [1.165, 1.54) is 42.6 Å². The van der Waals surface area contributed by atoms with Gasteiger partial charge < -0.3 is 15.4 Å². The lowest BCUT2D eigenvalue weighted by Gasteiger charge is -2.16. The number of hydrogen-bond donors (Lipinski definition) is 2. The zero-order valence-electron chi connectivity index (χ0n) is 21.8. The maximum Gasteiger partial charge on any atom is 0.248 e. The van der Waals surface area contributed by atoms with Crippen molar-refractivity contribution in [2.24, 2.45) is 0 Å². The van der Waals surface area contributed by atoms with Crippen LogP contribution in [-0.2, 0) is 11.3 Å². The number of benzene rings is 3. The van der Waals surface area contributed by atoms with E-state index in [-0.39, 0.29) is 22.3 Å². The van der Waals surface area contributed by atoms with Gasteiger partial charge in [0.2, 0.25) is 5.91 Å². The van der Waals surface area contributed by atoms with Crippen LogP contribution in [0.15, 0.2) is 72.9 Å². The first kappa shape index (κ1) is 28.5. The molecule has 1 heterocycles. The summed E-state index contributed by atoms with van der Waals surface area (Å²) in [5.41, 5.74) is 3.01. The van der Waals surface area contributed by atoms with E-state index in [4.69, 9.17) is 16.3 Å². The van der Waals surface area contributed by atoms with Crippen molar-refractivity contribution in [1.82, 2.24) is 9.88 Å². The number of nitrogens with zero attached hydrogens (tertiary/aromatic N) is 3. The molecule has 4 aromatic rings. The van der Waals surface area contributed by atoms with Crippen molar-refractivity contribution in [3.8, 4) is 11.8 Å². The molecule has 0 spiro atoms. The van der Waals surface area contributed by atoms with Gasteiger partial charge in [-0.25, -0.2) is 8.78 Å². The fraction of sp³-hybridized carbons (Fsp3) is 0.167. The molecule has 0 aliphatic heterocycles. The lowest BCUT2D eigenvalue weighted by Crippen LogP contribution is -2.18. The second-order valence-corrected chi connectivity index (χ2v) is 9.33. The van der Waals surface area contributed by atoms with E-state index < -0.39 is 5.82 Å². The normalized spacial score (nSPS) is 11.1. The van der Waals surface area contributed by atoms with E-state index in [1.54, 1.807) is 30.3 Å². The van der Waals surface area contributed by atoms with Crippen LogP contribution in [0.4, 0.5) is 25.8 Å². The minimum atomic E-state index is -0.562. The molecule has 4 rings (SSSR count). The Hall–Kier alpha value is -4.52. The van der Waals surface area contributed by atoms with Gasteiger partial charge in [0.1, 0.15) is 23.5 Å². The highest BCUT2D eigenvalue weighted by molar-refractivity contribution is 6.31. The molecule has 3 aromatic carbocycles. The number of nitriles is 1. The first-order valence-electron chi connectivity index (χ1n) is 12.4. The van der Waals surface area contributed by atoms with Crippen LogP contribution >= 0.6 is 11.6 Å². The molecular weight excluding hydrogens is 536 g/mol. The fourth-order valence-electron chi connectivity index (χ4n) is 4.01. The second-order valence-electron chi connectivity index (χ2n) is 8.93. The lowest BCUT2D eigenvalue weighted by atomic mass is 10.1. The van der Waals surface area contributed by atoms with Crippen molar-refractivity contribution in [2.75, 3.05) is 30.8 Å². The summed E-state index contributed by atoms with van der Waals surface area (Å²) in [6, 6.07) is 15.9. The second kappa shape index (κ2) is 13.0. The van der Waals surface area contributed by atoms with E-state index in [2.05, 4.69) is 21.7 Å². The number of anilines is 3. The number of hydrogen-bond acceptors (Lipinski definition) is 6. The van der Waals surface area contributed by atoms with Gasteiger partial charge in [0.05, 0.1) is 34.1 Å². The number of likely N-dealkylation sites (N-methyl/N-ethyl adjacent to an activating group) is 1. The first-order chi connectivity index (χ1) is 19.3. The lowest BCUT2D eigenvalue weighted by molar-refractivity contribution is -0.111. The molecule has 1 aromatic heterocycles. The van der Waals surface area contributed by atoms with Gasteiger partial charge in [-0.2, -0.15) is 5.26 Å². The zero-order chi connectivity index (χ0) is 28.6. The van der Waals surface area contributed by atoms with Crippen LogP contribution in [0, 0.1) is 23.0 Å². The zero-order valence-corrected chi connectivity index (χ0v) is 22.6. The number of pyridine rings is 1. The summed E-state index contributed by atoms with van der Waals surface area (Å²) in [7, 11) is 1.89. The summed E-state index contributed by atoms with van der Waals surface area (Å²) in [5.74, 6) is -0.809. The molecule has 204 valence electrons. The number of carbonyl (C=O) groups excluding carboxylic acids is 1. The van der Waals surface area contributed by atoms with Gasteiger partial charge >= 0.3 is 0 Å². The van der Waals surface area contributed by atoms with Gasteiger partial charge in [0.25, 0.3) is 0 Å². The summed E-state index contributed by atoms with van der Waals surface area (Å²) in [5, 5.41) is 16.2. The molecule has 0 aliphatic carbocycles. The molecule has 0 radical (unpaired) electrons. The molecule has 0 saturated carbocycles. The largest absolute Gasteiger partial charge is 0.492 e. The van der Waals surface area contributed by atoms with Crippen molar-refractivity contribution in [3.05, 3.63) is 101 Å². The summed E-state index contributed by atoms with van der Waals surface area (Å²) in [6.45, 7) is 3.26. The number of fused-ring (bicyclic) bond motifs is 1. The maximum atomic E-state index is 13.7. The summed E-state index contributed by atoms with van der Waals surface area (Å²) in [4.78, 5) is 19.2. The number of halogens is 3. The number of ether oxygens (including phenoxy) is 1. The van der Waals surface area contributed by atoms with E-state index in [1.807, 2.05) is 18.9 Å². The Bertz CT molecular complexity index is 1600. The molecular formula is C30H26ClF2N5O2. The predicted molar refractivity (Wildman–Crippen MR) is 153 cm³/mol. The smallest absolute Gasteiger partial charge is 0.248 e. The van der Waals surface area contributed by atoms with Crippen molar-refractivity contribution >= 4 is 45.5 Å². The van der Waals surface area contributed by atoms with Crippen LogP contribution in [0.5, 0.6) is 5.75 Å². The molecule has 2 N–H and O–H groups in total. The summed E-state index contributed by atoms with van der Waals surface area (Å²) >= 11 is 5.94. The molecule has 0 fully saturated rings.